The van der Waals surface area contributed by atoms with Crippen molar-refractivity contribution < 1.29 is 9.59 Å². The first-order valence-corrected chi connectivity index (χ1v) is 9.45. The van der Waals surface area contributed by atoms with Crippen LogP contribution in [0.4, 0.5) is 5.69 Å². The molecule has 1 saturated carbocycles. The number of nitrogens with one attached hydrogen (secondary N) is 2. The summed E-state index contributed by atoms with van der Waals surface area (Å²) in [6, 6.07) is 15.0. The number of hydrazone groups is 1. The minimum atomic E-state index is -0.821. The summed E-state index contributed by atoms with van der Waals surface area (Å²) < 4.78 is 0. The van der Waals surface area contributed by atoms with E-state index in [1.54, 1.807) is 12.1 Å². The molecule has 5 nitrogen and oxygen atoms in total. The van der Waals surface area contributed by atoms with Crippen LogP contribution in [0.2, 0.25) is 10.0 Å². The molecule has 0 heterocycles. The van der Waals surface area contributed by atoms with Crippen LogP contribution in [-0.2, 0) is 9.59 Å². The van der Waals surface area contributed by atoms with Crippen LogP contribution in [0.3, 0.4) is 0 Å². The Morgan fingerprint density at radius 1 is 0.926 bits per heavy atom. The molecule has 2 N–H and O–H groups in total. The van der Waals surface area contributed by atoms with Gasteiger partial charge >= 0.3 is 11.8 Å². The fraction of sp³-hybridized carbons (Fsp3) is 0.250. The third kappa shape index (κ3) is 5.31. The first kappa shape index (κ1) is 19.4. The summed E-state index contributed by atoms with van der Waals surface area (Å²) in [4.78, 5) is 23.9. The molecule has 0 aromatic heterocycles. The summed E-state index contributed by atoms with van der Waals surface area (Å²) in [5.41, 5.74) is 4.96. The van der Waals surface area contributed by atoms with E-state index in [1.165, 1.54) is 11.6 Å². The second kappa shape index (κ2) is 9.02. The SMILES string of the molecule is O=C(NN=C1CCC(c2ccccc2)CC1)C(=O)Nc1ccc(Cl)c(Cl)c1. The van der Waals surface area contributed by atoms with E-state index in [9.17, 15) is 9.59 Å². The van der Waals surface area contributed by atoms with Gasteiger partial charge < -0.3 is 5.32 Å². The van der Waals surface area contributed by atoms with Crippen LogP contribution in [0.5, 0.6) is 0 Å². The molecule has 0 bridgehead atoms. The van der Waals surface area contributed by atoms with Crippen molar-refractivity contribution in [3.05, 3.63) is 64.1 Å². The highest BCUT2D eigenvalue weighted by atomic mass is 35.5. The van der Waals surface area contributed by atoms with Gasteiger partial charge in [-0.15, -0.1) is 0 Å². The molecule has 1 aliphatic carbocycles. The van der Waals surface area contributed by atoms with E-state index in [-0.39, 0.29) is 0 Å². The molecule has 0 aliphatic heterocycles. The van der Waals surface area contributed by atoms with Crippen molar-refractivity contribution in [3.8, 4) is 0 Å². The summed E-state index contributed by atoms with van der Waals surface area (Å²) in [6.07, 6.45) is 3.56. The van der Waals surface area contributed by atoms with E-state index < -0.39 is 11.8 Å². The number of anilines is 1. The van der Waals surface area contributed by atoms with Gasteiger partial charge in [-0.1, -0.05) is 53.5 Å². The average Bonchev–Trinajstić information content (AvgIpc) is 2.70. The maximum Gasteiger partial charge on any atom is 0.329 e. The van der Waals surface area contributed by atoms with E-state index in [1.807, 2.05) is 18.2 Å². The van der Waals surface area contributed by atoms with Gasteiger partial charge in [-0.05, 0) is 55.4 Å². The van der Waals surface area contributed by atoms with Crippen LogP contribution in [0, 0.1) is 0 Å². The van der Waals surface area contributed by atoms with E-state index in [2.05, 4.69) is 28.0 Å². The van der Waals surface area contributed by atoms with Crippen molar-refractivity contribution in [3.63, 3.8) is 0 Å². The van der Waals surface area contributed by atoms with Crippen LogP contribution in [0.15, 0.2) is 53.6 Å². The predicted molar refractivity (Wildman–Crippen MR) is 108 cm³/mol. The van der Waals surface area contributed by atoms with Gasteiger partial charge in [0, 0.05) is 11.4 Å². The Morgan fingerprint density at radius 2 is 1.63 bits per heavy atom. The van der Waals surface area contributed by atoms with Crippen molar-refractivity contribution in [2.24, 2.45) is 5.10 Å². The lowest BCUT2D eigenvalue weighted by Crippen LogP contribution is -2.33. The summed E-state index contributed by atoms with van der Waals surface area (Å²) in [7, 11) is 0. The first-order valence-electron chi connectivity index (χ1n) is 8.69. The van der Waals surface area contributed by atoms with Crippen LogP contribution in [-0.4, -0.2) is 17.5 Å². The Bertz CT molecular complexity index is 859. The second-order valence-electron chi connectivity index (χ2n) is 6.39. The van der Waals surface area contributed by atoms with Gasteiger partial charge in [0.05, 0.1) is 10.0 Å². The molecular formula is C20H19Cl2N3O2. The molecular weight excluding hydrogens is 385 g/mol. The maximum absolute atomic E-state index is 11.9. The molecule has 0 unspecified atom stereocenters. The smallest absolute Gasteiger partial charge is 0.318 e. The van der Waals surface area contributed by atoms with Crippen molar-refractivity contribution in [1.29, 1.82) is 0 Å². The van der Waals surface area contributed by atoms with Gasteiger partial charge in [-0.3, -0.25) is 9.59 Å². The molecule has 1 aliphatic rings. The van der Waals surface area contributed by atoms with Crippen molar-refractivity contribution >= 4 is 46.4 Å². The topological polar surface area (TPSA) is 70.6 Å². The highest BCUT2D eigenvalue weighted by molar-refractivity contribution is 6.43. The normalized spacial score (nSPS) is 16.5. The standard InChI is InChI=1S/C20H19Cl2N3O2/c21-17-11-10-16(12-18(17)22)23-19(26)20(27)25-24-15-8-6-14(7-9-15)13-4-2-1-3-5-13/h1-5,10-12,14H,6-9H2,(H,23,26)(H,25,27). The fourth-order valence-corrected chi connectivity index (χ4v) is 3.36. The fourth-order valence-electron chi connectivity index (χ4n) is 3.06. The zero-order chi connectivity index (χ0) is 19.2. The van der Waals surface area contributed by atoms with Crippen molar-refractivity contribution in [2.75, 3.05) is 5.32 Å². The van der Waals surface area contributed by atoms with E-state index in [0.29, 0.717) is 21.7 Å². The number of nitrogens with zero attached hydrogens (tertiary/aromatic N) is 1. The van der Waals surface area contributed by atoms with Gasteiger partial charge in [0.1, 0.15) is 0 Å². The molecule has 0 atom stereocenters. The number of amides is 2. The summed E-state index contributed by atoms with van der Waals surface area (Å²) in [5, 5.41) is 7.25. The van der Waals surface area contributed by atoms with Crippen LogP contribution >= 0.6 is 23.2 Å². The number of rotatable bonds is 3. The van der Waals surface area contributed by atoms with Gasteiger partial charge in [0.2, 0.25) is 0 Å². The molecule has 2 aromatic rings. The number of hydrogen-bond acceptors (Lipinski definition) is 3. The van der Waals surface area contributed by atoms with Crippen molar-refractivity contribution in [1.82, 2.24) is 5.43 Å². The van der Waals surface area contributed by atoms with E-state index >= 15 is 0 Å². The molecule has 140 valence electrons. The highest BCUT2D eigenvalue weighted by Gasteiger charge is 2.20. The average molecular weight is 404 g/mol. The molecule has 1 fully saturated rings. The van der Waals surface area contributed by atoms with Crippen LogP contribution in [0.25, 0.3) is 0 Å². The van der Waals surface area contributed by atoms with Crippen LogP contribution in [0.1, 0.15) is 37.2 Å². The molecule has 0 radical (unpaired) electrons. The molecule has 27 heavy (non-hydrogen) atoms. The first-order chi connectivity index (χ1) is 13.0. The Labute approximate surface area is 167 Å². The quantitative estimate of drug-likeness (QED) is 0.572. The molecule has 3 rings (SSSR count). The Hall–Kier alpha value is -2.37. The monoisotopic (exact) mass is 403 g/mol. The number of hydrogen-bond donors (Lipinski definition) is 2. The van der Waals surface area contributed by atoms with Crippen molar-refractivity contribution in [2.45, 2.75) is 31.6 Å². The van der Waals surface area contributed by atoms with E-state index in [0.717, 1.165) is 31.4 Å². The minimum absolute atomic E-state index is 0.297. The minimum Gasteiger partial charge on any atom is -0.318 e. The highest BCUT2D eigenvalue weighted by Crippen LogP contribution is 2.31. The number of carbonyl (C=O) groups excluding carboxylic acids is 2. The predicted octanol–water partition coefficient (Wildman–Crippen LogP) is 4.76. The van der Waals surface area contributed by atoms with Crippen LogP contribution < -0.4 is 10.7 Å². The summed E-state index contributed by atoms with van der Waals surface area (Å²) in [6.45, 7) is 0. The molecule has 0 saturated heterocycles. The zero-order valence-electron chi connectivity index (χ0n) is 14.5. The summed E-state index contributed by atoms with van der Waals surface area (Å²) >= 11 is 11.7. The number of halogens is 2. The largest absolute Gasteiger partial charge is 0.329 e. The lowest BCUT2D eigenvalue weighted by Gasteiger charge is -2.23. The molecule has 7 heteroatoms. The van der Waals surface area contributed by atoms with Gasteiger partial charge in [-0.2, -0.15) is 5.10 Å². The van der Waals surface area contributed by atoms with Gasteiger partial charge in [0.15, 0.2) is 0 Å². The lowest BCUT2D eigenvalue weighted by atomic mass is 9.83. The number of carbonyl (C=O) groups is 2. The van der Waals surface area contributed by atoms with Gasteiger partial charge in [-0.25, -0.2) is 5.43 Å². The molecule has 2 aromatic carbocycles. The van der Waals surface area contributed by atoms with Gasteiger partial charge in [0.25, 0.3) is 0 Å². The second-order valence-corrected chi connectivity index (χ2v) is 7.20. The lowest BCUT2D eigenvalue weighted by molar-refractivity contribution is -0.136. The summed E-state index contributed by atoms with van der Waals surface area (Å²) in [5.74, 6) is -1.12. The Morgan fingerprint density at radius 3 is 2.30 bits per heavy atom. The molecule has 2 amide bonds. The van der Waals surface area contributed by atoms with E-state index in [4.69, 9.17) is 23.2 Å². The Kier molecular flexibility index (Phi) is 6.48. The third-order valence-corrected chi connectivity index (χ3v) is 5.27. The maximum atomic E-state index is 11.9. The third-order valence-electron chi connectivity index (χ3n) is 4.53. The molecule has 0 spiro atoms. The Balaban J connectivity index is 1.49. The zero-order valence-corrected chi connectivity index (χ0v) is 16.1. The number of benzene rings is 2.